The second kappa shape index (κ2) is 5.25. The molecule has 0 spiro atoms. The van der Waals surface area contributed by atoms with Crippen LogP contribution in [0.4, 0.5) is 0 Å². The lowest BCUT2D eigenvalue weighted by molar-refractivity contribution is -0.713. The Balaban J connectivity index is 2.36. The van der Waals surface area contributed by atoms with Crippen molar-refractivity contribution >= 4 is 5.97 Å². The van der Waals surface area contributed by atoms with E-state index in [1.54, 1.807) is 6.07 Å². The van der Waals surface area contributed by atoms with Gasteiger partial charge >= 0.3 is 5.97 Å². The van der Waals surface area contributed by atoms with Gasteiger partial charge < -0.3 is 5.11 Å². The molecule has 0 fully saturated rings. The van der Waals surface area contributed by atoms with Gasteiger partial charge in [-0.25, -0.2) is 0 Å². The summed E-state index contributed by atoms with van der Waals surface area (Å²) in [5.41, 5.74) is 0.881. The summed E-state index contributed by atoms with van der Waals surface area (Å²) in [5.74, 6) is -0.816. The maximum Gasteiger partial charge on any atom is 0.310 e. The van der Waals surface area contributed by atoms with E-state index >= 15 is 0 Å². The number of carboxylic acid groups (broad SMARTS) is 1. The Hall–Kier alpha value is -2.16. The fraction of sp³-hybridized carbons (Fsp3) is 0.143. The highest BCUT2D eigenvalue weighted by Gasteiger charge is 2.23. The molecular formula is C14H13NO2+. The summed E-state index contributed by atoms with van der Waals surface area (Å²) in [6, 6.07) is 16.0. The summed E-state index contributed by atoms with van der Waals surface area (Å²) >= 11 is 0. The molecule has 0 bridgehead atoms. The van der Waals surface area contributed by atoms with Gasteiger partial charge in [0.25, 0.3) is 0 Å². The molecule has 0 aliphatic heterocycles. The molecule has 3 nitrogen and oxygen atoms in total. The van der Waals surface area contributed by atoms with Gasteiger partial charge in [0.2, 0.25) is 0 Å². The van der Waals surface area contributed by atoms with E-state index in [0.29, 0.717) is 0 Å². The molecule has 85 valence electrons. The van der Waals surface area contributed by atoms with Gasteiger partial charge in [-0.2, -0.15) is 4.57 Å². The van der Waals surface area contributed by atoms with E-state index in [9.17, 15) is 4.79 Å². The minimum Gasteiger partial charge on any atom is -0.481 e. The number of pyridine rings is 1. The van der Waals surface area contributed by atoms with E-state index < -0.39 is 5.97 Å². The molecule has 2 rings (SSSR count). The number of hydrogen-bond acceptors (Lipinski definition) is 1. The van der Waals surface area contributed by atoms with E-state index in [2.05, 4.69) is 6.07 Å². The Morgan fingerprint density at radius 1 is 1.24 bits per heavy atom. The summed E-state index contributed by atoms with van der Waals surface area (Å²) in [7, 11) is 0. The average Bonchev–Trinajstić information content (AvgIpc) is 2.38. The third-order valence-corrected chi connectivity index (χ3v) is 2.56. The highest BCUT2D eigenvalue weighted by atomic mass is 16.4. The molecule has 1 heterocycles. The summed E-state index contributed by atoms with van der Waals surface area (Å²) < 4.78 is 1.89. The van der Waals surface area contributed by atoms with E-state index in [1.807, 2.05) is 53.4 Å². The number of carbonyl (C=O) groups is 1. The van der Waals surface area contributed by atoms with Gasteiger partial charge in [0.15, 0.2) is 18.4 Å². The number of rotatable bonds is 4. The maximum atomic E-state index is 10.9. The summed E-state index contributed by atoms with van der Waals surface area (Å²) in [6.07, 6.45) is 3.79. The van der Waals surface area contributed by atoms with Crippen LogP contribution < -0.4 is 4.57 Å². The molecule has 1 unspecified atom stereocenters. The van der Waals surface area contributed by atoms with Crippen LogP contribution in [0.2, 0.25) is 0 Å². The number of benzene rings is 1. The average molecular weight is 227 g/mol. The standard InChI is InChI=1S/C14H12NO2/c16-14(17)11-13(12-7-3-1-4-8-12)15-9-5-2-6-10-15/h1-7,9-10,13H,11H2/p+1. The minimum absolute atomic E-state index is 0.0508. The lowest BCUT2D eigenvalue weighted by atomic mass is 10.0. The van der Waals surface area contributed by atoms with Crippen LogP contribution in [-0.4, -0.2) is 11.1 Å². The molecule has 1 atom stereocenters. The second-order valence-corrected chi connectivity index (χ2v) is 3.75. The number of nitrogens with zero attached hydrogens (tertiary/aromatic N) is 1. The summed E-state index contributed by atoms with van der Waals surface area (Å²) in [4.78, 5) is 10.9. The van der Waals surface area contributed by atoms with Gasteiger partial charge in [-0.05, 0) is 6.07 Å². The molecule has 1 N–H and O–H groups in total. The number of aromatic nitrogens is 1. The molecule has 1 radical (unpaired) electrons. The first-order valence-corrected chi connectivity index (χ1v) is 5.41. The van der Waals surface area contributed by atoms with Gasteiger partial charge in [0.05, 0.1) is 0 Å². The highest BCUT2D eigenvalue weighted by Crippen LogP contribution is 2.15. The first-order chi connectivity index (χ1) is 8.27. The zero-order valence-corrected chi connectivity index (χ0v) is 9.28. The first-order valence-electron chi connectivity index (χ1n) is 5.41. The molecule has 3 heteroatoms. The molecule has 17 heavy (non-hydrogen) atoms. The van der Waals surface area contributed by atoms with E-state index in [4.69, 9.17) is 5.11 Å². The Morgan fingerprint density at radius 2 is 2.00 bits per heavy atom. The molecule has 2 aromatic rings. The largest absolute Gasteiger partial charge is 0.481 e. The lowest BCUT2D eigenvalue weighted by Gasteiger charge is -2.09. The Bertz CT molecular complexity index is 443. The van der Waals surface area contributed by atoms with Crippen molar-refractivity contribution in [1.82, 2.24) is 0 Å². The molecule has 1 aromatic carbocycles. The van der Waals surface area contributed by atoms with Gasteiger partial charge in [-0.15, -0.1) is 0 Å². The van der Waals surface area contributed by atoms with Crippen molar-refractivity contribution in [3.8, 4) is 0 Å². The predicted octanol–water partition coefficient (Wildman–Crippen LogP) is 1.84. The van der Waals surface area contributed by atoms with Crippen LogP contribution in [0.1, 0.15) is 18.0 Å². The van der Waals surface area contributed by atoms with Gasteiger partial charge in [0.1, 0.15) is 6.42 Å². The molecule has 1 aromatic heterocycles. The minimum atomic E-state index is -0.816. The zero-order valence-electron chi connectivity index (χ0n) is 9.28. The maximum absolute atomic E-state index is 10.9. The molecule has 0 amide bonds. The normalized spacial score (nSPS) is 12.0. The van der Waals surface area contributed by atoms with Crippen molar-refractivity contribution in [1.29, 1.82) is 0 Å². The Labute approximate surface area is 100.0 Å². The smallest absolute Gasteiger partial charge is 0.310 e. The van der Waals surface area contributed by atoms with Crippen molar-refractivity contribution in [2.24, 2.45) is 0 Å². The van der Waals surface area contributed by atoms with Crippen LogP contribution in [-0.2, 0) is 4.79 Å². The van der Waals surface area contributed by atoms with Crippen LogP contribution in [0.15, 0.2) is 54.9 Å². The van der Waals surface area contributed by atoms with Crippen LogP contribution in [0.5, 0.6) is 0 Å². The number of carboxylic acids is 1. The Kier molecular flexibility index (Phi) is 3.50. The zero-order chi connectivity index (χ0) is 12.1. The quantitative estimate of drug-likeness (QED) is 0.810. The van der Waals surface area contributed by atoms with Gasteiger partial charge in [-0.3, -0.25) is 4.79 Å². The van der Waals surface area contributed by atoms with Crippen molar-refractivity contribution in [3.63, 3.8) is 0 Å². The van der Waals surface area contributed by atoms with Crippen LogP contribution >= 0.6 is 0 Å². The summed E-state index contributed by atoms with van der Waals surface area (Å²) in [6.45, 7) is 0. The predicted molar refractivity (Wildman–Crippen MR) is 62.3 cm³/mol. The molecule has 0 aliphatic rings. The van der Waals surface area contributed by atoms with Crippen molar-refractivity contribution in [2.45, 2.75) is 12.5 Å². The monoisotopic (exact) mass is 227 g/mol. The topological polar surface area (TPSA) is 41.2 Å². The van der Waals surface area contributed by atoms with Gasteiger partial charge in [0, 0.05) is 17.7 Å². The SMILES string of the molecule is O=C(O)CC(c1[c]cccc1)[n+]1ccccc1. The second-order valence-electron chi connectivity index (χ2n) is 3.75. The number of aliphatic carboxylic acids is 1. The lowest BCUT2D eigenvalue weighted by Crippen LogP contribution is -2.40. The van der Waals surface area contributed by atoms with Crippen LogP contribution in [0.25, 0.3) is 0 Å². The van der Waals surface area contributed by atoms with Crippen LogP contribution in [0, 0.1) is 6.07 Å². The molecule has 0 saturated carbocycles. The summed E-state index contributed by atoms with van der Waals surface area (Å²) in [5, 5.41) is 8.98. The Morgan fingerprint density at radius 3 is 2.59 bits per heavy atom. The molecule has 0 aliphatic carbocycles. The fourth-order valence-electron chi connectivity index (χ4n) is 1.78. The third kappa shape index (κ3) is 2.91. The van der Waals surface area contributed by atoms with Crippen molar-refractivity contribution < 1.29 is 14.5 Å². The third-order valence-electron chi connectivity index (χ3n) is 2.56. The molecular weight excluding hydrogens is 214 g/mol. The van der Waals surface area contributed by atoms with E-state index in [1.165, 1.54) is 0 Å². The van der Waals surface area contributed by atoms with E-state index in [0.717, 1.165) is 5.56 Å². The van der Waals surface area contributed by atoms with Crippen molar-refractivity contribution in [3.05, 3.63) is 66.5 Å². The molecule has 0 saturated heterocycles. The first kappa shape index (κ1) is 11.3. The number of hydrogen-bond donors (Lipinski definition) is 1. The van der Waals surface area contributed by atoms with Crippen molar-refractivity contribution in [2.75, 3.05) is 0 Å². The van der Waals surface area contributed by atoms with Crippen LogP contribution in [0.3, 0.4) is 0 Å². The van der Waals surface area contributed by atoms with E-state index in [-0.39, 0.29) is 12.5 Å². The fourth-order valence-corrected chi connectivity index (χ4v) is 1.78. The van der Waals surface area contributed by atoms with Gasteiger partial charge in [-0.1, -0.05) is 30.3 Å². The highest BCUT2D eigenvalue weighted by molar-refractivity contribution is 5.67.